The van der Waals surface area contributed by atoms with E-state index in [9.17, 15) is 4.39 Å². The van der Waals surface area contributed by atoms with Crippen LogP contribution >= 0.6 is 0 Å². The second-order valence-electron chi connectivity index (χ2n) is 7.46. The number of alkyl halides is 1. The van der Waals surface area contributed by atoms with Gasteiger partial charge in [-0.3, -0.25) is 4.99 Å². The van der Waals surface area contributed by atoms with Crippen LogP contribution in [0.3, 0.4) is 0 Å². The average Bonchev–Trinajstić information content (AvgIpc) is 3.41. The Bertz CT molecular complexity index is 1380. The maximum atomic E-state index is 13.9. The normalized spacial score (nSPS) is 13.7. The maximum Gasteiger partial charge on any atom is 0.159 e. The third-order valence-electron chi connectivity index (χ3n) is 5.59. The number of hydrogen-bond acceptors (Lipinski definition) is 4. The van der Waals surface area contributed by atoms with Gasteiger partial charge in [0.1, 0.15) is 11.8 Å². The van der Waals surface area contributed by atoms with Crippen molar-refractivity contribution < 1.29 is 4.39 Å². The highest BCUT2D eigenvalue weighted by Crippen LogP contribution is 2.34. The summed E-state index contributed by atoms with van der Waals surface area (Å²) in [6.45, 7) is 8.96. The molecule has 0 amide bonds. The minimum atomic E-state index is -1.09. The standard InChI is InChI=1S/C25H20FN5/c1-4-16-11-17(5-8-21(16)27-3)25-29-12-20-19(7-9-22(20)30-25)18-6-10-24-28-13-23(15(2)26)31(24)14-18/h4-8,10-15H,1,3,9H2,2H3. The molecule has 0 aliphatic heterocycles. The summed E-state index contributed by atoms with van der Waals surface area (Å²) in [5.41, 5.74) is 7.83. The van der Waals surface area contributed by atoms with Gasteiger partial charge in [0.2, 0.25) is 0 Å². The smallest absolute Gasteiger partial charge is 0.159 e. The lowest BCUT2D eigenvalue weighted by molar-refractivity contribution is 0.364. The molecule has 1 unspecified atom stereocenters. The Balaban J connectivity index is 1.52. The Morgan fingerprint density at radius 1 is 1.16 bits per heavy atom. The third-order valence-corrected chi connectivity index (χ3v) is 5.59. The van der Waals surface area contributed by atoms with E-state index in [1.165, 1.54) is 6.92 Å². The zero-order chi connectivity index (χ0) is 21.5. The van der Waals surface area contributed by atoms with E-state index in [-0.39, 0.29) is 0 Å². The first-order valence-electron chi connectivity index (χ1n) is 10.0. The first kappa shape index (κ1) is 19.1. The SMILES string of the molecule is C=Cc1cc(-c2ncc3c(n2)CC=C3c2ccc3ncc(C(C)F)n3c2)ccc1N=C. The van der Waals surface area contributed by atoms with Crippen LogP contribution in [-0.4, -0.2) is 26.1 Å². The van der Waals surface area contributed by atoms with E-state index in [1.807, 2.05) is 42.7 Å². The van der Waals surface area contributed by atoms with E-state index in [1.54, 1.807) is 16.7 Å². The van der Waals surface area contributed by atoms with Gasteiger partial charge >= 0.3 is 0 Å². The van der Waals surface area contributed by atoms with E-state index in [0.29, 0.717) is 11.5 Å². The molecule has 0 fully saturated rings. The van der Waals surface area contributed by atoms with Crippen molar-refractivity contribution >= 4 is 29.7 Å². The van der Waals surface area contributed by atoms with E-state index in [0.717, 1.165) is 51.3 Å². The predicted octanol–water partition coefficient (Wildman–Crippen LogP) is 5.78. The first-order valence-corrected chi connectivity index (χ1v) is 10.0. The average molecular weight is 409 g/mol. The number of rotatable bonds is 5. The molecule has 3 heterocycles. The molecule has 1 aromatic carbocycles. The molecule has 152 valence electrons. The molecular weight excluding hydrogens is 389 g/mol. The number of aromatic nitrogens is 4. The van der Waals surface area contributed by atoms with Crippen LogP contribution in [0.5, 0.6) is 0 Å². The molecule has 0 radical (unpaired) electrons. The van der Waals surface area contributed by atoms with Crippen LogP contribution in [-0.2, 0) is 6.42 Å². The van der Waals surface area contributed by atoms with Gasteiger partial charge in [-0.25, -0.2) is 19.3 Å². The number of aliphatic imine (C=N–C) groups is 1. The molecule has 6 heteroatoms. The van der Waals surface area contributed by atoms with Crippen LogP contribution in [0.25, 0.3) is 28.7 Å². The zero-order valence-corrected chi connectivity index (χ0v) is 17.1. The fourth-order valence-corrected chi connectivity index (χ4v) is 3.97. The lowest BCUT2D eigenvalue weighted by Gasteiger charge is -2.10. The highest BCUT2D eigenvalue weighted by molar-refractivity contribution is 5.84. The number of halogens is 1. The number of benzene rings is 1. The lowest BCUT2D eigenvalue weighted by atomic mass is 10.0. The fourth-order valence-electron chi connectivity index (χ4n) is 3.97. The van der Waals surface area contributed by atoms with Crippen molar-refractivity contribution in [3.05, 3.63) is 89.7 Å². The summed E-state index contributed by atoms with van der Waals surface area (Å²) in [5, 5.41) is 0. The molecule has 0 saturated heterocycles. The maximum absolute atomic E-state index is 13.9. The molecule has 1 aliphatic rings. The minimum Gasteiger partial charge on any atom is -0.300 e. The second kappa shape index (κ2) is 7.40. The summed E-state index contributed by atoms with van der Waals surface area (Å²) in [6.07, 6.45) is 8.89. The number of allylic oxidation sites excluding steroid dienone is 1. The molecule has 3 aromatic heterocycles. The van der Waals surface area contributed by atoms with Gasteiger partial charge < -0.3 is 4.40 Å². The Morgan fingerprint density at radius 2 is 2.00 bits per heavy atom. The van der Waals surface area contributed by atoms with Crippen LogP contribution in [0.15, 0.2) is 66.6 Å². The molecule has 0 bridgehead atoms. The zero-order valence-electron chi connectivity index (χ0n) is 17.1. The van der Waals surface area contributed by atoms with Crippen LogP contribution < -0.4 is 0 Å². The molecule has 1 atom stereocenters. The van der Waals surface area contributed by atoms with Crippen LogP contribution in [0, 0.1) is 0 Å². The van der Waals surface area contributed by atoms with Gasteiger partial charge in [-0.1, -0.05) is 18.7 Å². The number of fused-ring (bicyclic) bond motifs is 2. The quantitative estimate of drug-likeness (QED) is 0.392. The number of hydrogen-bond donors (Lipinski definition) is 0. The van der Waals surface area contributed by atoms with Crippen molar-refractivity contribution in [3.63, 3.8) is 0 Å². The molecule has 0 saturated carbocycles. The lowest BCUT2D eigenvalue weighted by Crippen LogP contribution is -1.99. The van der Waals surface area contributed by atoms with Gasteiger partial charge in [0.25, 0.3) is 0 Å². The van der Waals surface area contributed by atoms with E-state index < -0.39 is 6.17 Å². The highest BCUT2D eigenvalue weighted by atomic mass is 19.1. The third kappa shape index (κ3) is 3.17. The second-order valence-corrected chi connectivity index (χ2v) is 7.46. The van der Waals surface area contributed by atoms with Crippen molar-refractivity contribution in [1.29, 1.82) is 0 Å². The largest absolute Gasteiger partial charge is 0.300 e. The number of pyridine rings is 1. The summed E-state index contributed by atoms with van der Waals surface area (Å²) in [7, 11) is 0. The molecule has 5 rings (SSSR count). The summed E-state index contributed by atoms with van der Waals surface area (Å²) < 4.78 is 15.7. The number of imidazole rings is 1. The Kier molecular flexibility index (Phi) is 4.55. The first-order chi connectivity index (χ1) is 15.1. The van der Waals surface area contributed by atoms with Gasteiger partial charge in [0.05, 0.1) is 23.3 Å². The van der Waals surface area contributed by atoms with Gasteiger partial charge in [-0.15, -0.1) is 0 Å². The van der Waals surface area contributed by atoms with Gasteiger partial charge in [-0.05, 0) is 55.1 Å². The monoisotopic (exact) mass is 409 g/mol. The minimum absolute atomic E-state index is 0.540. The molecule has 31 heavy (non-hydrogen) atoms. The van der Waals surface area contributed by atoms with Crippen molar-refractivity contribution in [2.75, 3.05) is 0 Å². The Labute approximate surface area is 179 Å². The topological polar surface area (TPSA) is 55.4 Å². The Morgan fingerprint density at radius 3 is 2.77 bits per heavy atom. The van der Waals surface area contributed by atoms with Gasteiger partial charge in [-0.2, -0.15) is 0 Å². The van der Waals surface area contributed by atoms with Crippen molar-refractivity contribution in [1.82, 2.24) is 19.4 Å². The van der Waals surface area contributed by atoms with E-state index in [2.05, 4.69) is 34.3 Å². The summed E-state index contributed by atoms with van der Waals surface area (Å²) in [4.78, 5) is 17.7. The molecule has 0 N–H and O–H groups in total. The van der Waals surface area contributed by atoms with Crippen LogP contribution in [0.1, 0.15) is 41.2 Å². The molecule has 0 spiro atoms. The molecule has 4 aromatic rings. The van der Waals surface area contributed by atoms with E-state index in [4.69, 9.17) is 4.98 Å². The molecule has 5 nitrogen and oxygen atoms in total. The van der Waals surface area contributed by atoms with Crippen molar-refractivity contribution in [2.24, 2.45) is 4.99 Å². The molecular formula is C25H20FN5. The highest BCUT2D eigenvalue weighted by Gasteiger charge is 2.20. The van der Waals surface area contributed by atoms with E-state index >= 15 is 0 Å². The van der Waals surface area contributed by atoms with Gasteiger partial charge in [0, 0.05) is 35.5 Å². The summed E-state index contributed by atoms with van der Waals surface area (Å²) in [6, 6.07) is 9.70. The summed E-state index contributed by atoms with van der Waals surface area (Å²) in [5.74, 6) is 0.658. The number of nitrogens with zero attached hydrogens (tertiary/aromatic N) is 5. The summed E-state index contributed by atoms with van der Waals surface area (Å²) >= 11 is 0. The molecule has 1 aliphatic carbocycles. The fraction of sp³-hybridized carbons (Fsp3) is 0.120. The van der Waals surface area contributed by atoms with Gasteiger partial charge in [0.15, 0.2) is 5.82 Å². The Hall–Kier alpha value is -3.93. The predicted molar refractivity (Wildman–Crippen MR) is 122 cm³/mol. The van der Waals surface area contributed by atoms with Crippen LogP contribution in [0.2, 0.25) is 0 Å². The van der Waals surface area contributed by atoms with Crippen LogP contribution in [0.4, 0.5) is 10.1 Å². The van der Waals surface area contributed by atoms with Crippen molar-refractivity contribution in [3.8, 4) is 11.4 Å². The van der Waals surface area contributed by atoms with Crippen molar-refractivity contribution in [2.45, 2.75) is 19.5 Å².